The molecular weight excluding hydrogens is 400 g/mol. The zero-order valence-electron chi connectivity index (χ0n) is 20.0. The third kappa shape index (κ3) is 2.94. The van der Waals surface area contributed by atoms with Crippen molar-refractivity contribution in [1.29, 1.82) is 0 Å². The molecule has 4 N–H and O–H groups in total. The molecule has 2 nitrogen and oxygen atoms in total. The van der Waals surface area contributed by atoms with Crippen molar-refractivity contribution >= 4 is 11.4 Å². The van der Waals surface area contributed by atoms with E-state index in [0.717, 1.165) is 35.3 Å². The maximum Gasteiger partial charge on any atom is 0.0714 e. The van der Waals surface area contributed by atoms with Crippen molar-refractivity contribution in [3.8, 4) is 11.1 Å². The second kappa shape index (κ2) is 7.81. The Morgan fingerprint density at radius 3 is 1.39 bits per heavy atom. The highest BCUT2D eigenvalue weighted by Crippen LogP contribution is 2.56. The third-order valence-electron chi connectivity index (χ3n) is 7.53. The Morgan fingerprint density at radius 2 is 1.00 bits per heavy atom. The molecule has 1 aliphatic carbocycles. The number of anilines is 2. The van der Waals surface area contributed by atoms with Gasteiger partial charge in [-0.05, 0) is 82.3 Å². The van der Waals surface area contributed by atoms with Crippen LogP contribution in [-0.4, -0.2) is 0 Å². The Balaban J connectivity index is 1.99. The van der Waals surface area contributed by atoms with E-state index < -0.39 is 5.41 Å². The fraction of sp³-hybridized carbons (Fsp3) is 0.226. The fourth-order valence-electron chi connectivity index (χ4n) is 5.78. The van der Waals surface area contributed by atoms with Crippen LogP contribution in [0.4, 0.5) is 11.4 Å². The largest absolute Gasteiger partial charge is 0.398 e. The molecule has 4 aromatic carbocycles. The molecule has 0 saturated carbocycles. The first-order chi connectivity index (χ1) is 15.9. The highest BCUT2D eigenvalue weighted by molar-refractivity contribution is 5.87. The normalized spacial score (nSPS) is 13.6. The van der Waals surface area contributed by atoms with E-state index in [1.54, 1.807) is 0 Å². The highest BCUT2D eigenvalue weighted by Gasteiger charge is 2.46. The zero-order chi connectivity index (χ0) is 23.3. The maximum atomic E-state index is 6.50. The summed E-state index contributed by atoms with van der Waals surface area (Å²) in [6.07, 6.45) is 1.81. The highest BCUT2D eigenvalue weighted by atomic mass is 14.6. The number of benzene rings is 4. The first-order valence-electron chi connectivity index (χ1n) is 11.9. The molecule has 0 fully saturated rings. The van der Waals surface area contributed by atoms with E-state index in [2.05, 4.69) is 100 Å². The van der Waals surface area contributed by atoms with Gasteiger partial charge in [-0.25, -0.2) is 0 Å². The Morgan fingerprint density at radius 1 is 0.606 bits per heavy atom. The second-order valence-corrected chi connectivity index (χ2v) is 9.28. The van der Waals surface area contributed by atoms with Gasteiger partial charge in [-0.1, -0.05) is 86.6 Å². The third-order valence-corrected chi connectivity index (χ3v) is 7.53. The monoisotopic (exact) mass is 432 g/mol. The second-order valence-electron chi connectivity index (χ2n) is 9.28. The van der Waals surface area contributed by atoms with Gasteiger partial charge in [0.15, 0.2) is 0 Å². The zero-order valence-corrected chi connectivity index (χ0v) is 20.0. The number of aryl methyl sites for hydroxylation is 4. The lowest BCUT2D eigenvalue weighted by atomic mass is 9.66. The number of hydrogen-bond donors (Lipinski definition) is 2. The summed E-state index contributed by atoms with van der Waals surface area (Å²) in [6, 6.07) is 27.0. The molecule has 0 radical (unpaired) electrons. The van der Waals surface area contributed by atoms with E-state index in [1.165, 1.54) is 44.5 Å². The first kappa shape index (κ1) is 21.3. The minimum Gasteiger partial charge on any atom is -0.398 e. The number of nitrogens with two attached hydrogens (primary N) is 2. The molecule has 0 amide bonds. The molecule has 33 heavy (non-hydrogen) atoms. The number of rotatable bonds is 4. The summed E-state index contributed by atoms with van der Waals surface area (Å²) in [4.78, 5) is 0. The summed E-state index contributed by atoms with van der Waals surface area (Å²) in [7, 11) is 0. The molecule has 0 aliphatic heterocycles. The molecule has 166 valence electrons. The van der Waals surface area contributed by atoms with Crippen LogP contribution in [0, 0.1) is 13.8 Å². The Bertz CT molecular complexity index is 1270. The first-order valence-corrected chi connectivity index (χ1v) is 11.9. The quantitative estimate of drug-likeness (QED) is 0.302. The number of nitrogen functional groups attached to an aromatic ring is 2. The number of hydrogen-bond acceptors (Lipinski definition) is 2. The van der Waals surface area contributed by atoms with Gasteiger partial charge in [-0.2, -0.15) is 0 Å². The molecular formula is C31H32N2. The van der Waals surface area contributed by atoms with E-state index in [4.69, 9.17) is 11.5 Å². The van der Waals surface area contributed by atoms with Crippen molar-refractivity contribution in [2.24, 2.45) is 0 Å². The molecule has 0 atom stereocenters. The molecule has 1 aliphatic rings. The Labute approximate surface area is 197 Å². The molecule has 0 bridgehead atoms. The smallest absolute Gasteiger partial charge is 0.0714 e. The average molecular weight is 433 g/mol. The summed E-state index contributed by atoms with van der Waals surface area (Å²) >= 11 is 0. The average Bonchev–Trinajstić information content (AvgIpc) is 3.14. The van der Waals surface area contributed by atoms with Gasteiger partial charge < -0.3 is 11.5 Å². The Kier molecular flexibility index (Phi) is 5.05. The van der Waals surface area contributed by atoms with Gasteiger partial charge >= 0.3 is 0 Å². The predicted octanol–water partition coefficient (Wildman–Crippen LogP) is 6.96. The van der Waals surface area contributed by atoms with Gasteiger partial charge in [0.05, 0.1) is 5.41 Å². The minimum atomic E-state index is -0.419. The van der Waals surface area contributed by atoms with Crippen LogP contribution in [0.15, 0.2) is 72.8 Å². The molecule has 0 unspecified atom stereocenters. The van der Waals surface area contributed by atoms with E-state index in [-0.39, 0.29) is 0 Å². The molecule has 5 rings (SSSR count). The minimum absolute atomic E-state index is 0.419. The van der Waals surface area contributed by atoms with E-state index in [9.17, 15) is 0 Å². The molecule has 0 saturated heterocycles. The van der Waals surface area contributed by atoms with Crippen molar-refractivity contribution in [3.05, 3.63) is 117 Å². The maximum absolute atomic E-state index is 6.50. The van der Waals surface area contributed by atoms with Gasteiger partial charge in [-0.3, -0.25) is 0 Å². The topological polar surface area (TPSA) is 52.0 Å². The van der Waals surface area contributed by atoms with Crippen molar-refractivity contribution in [1.82, 2.24) is 0 Å². The molecule has 4 aromatic rings. The lowest BCUT2D eigenvalue weighted by molar-refractivity contribution is 0.762. The standard InChI is InChI=1S/C31H32N2/c1-5-21-17-23(15-19(3)29(21)32)31(24-16-20(4)30(33)22(6-2)18-24)27-13-9-7-11-25(27)26-12-8-10-14-28(26)31/h7-18H,5-6,32-33H2,1-4H3. The van der Waals surface area contributed by atoms with Crippen molar-refractivity contribution in [3.63, 3.8) is 0 Å². The van der Waals surface area contributed by atoms with Crippen molar-refractivity contribution in [2.45, 2.75) is 46.0 Å². The van der Waals surface area contributed by atoms with Crippen molar-refractivity contribution < 1.29 is 0 Å². The molecule has 0 spiro atoms. The van der Waals surface area contributed by atoms with Gasteiger partial charge in [0.25, 0.3) is 0 Å². The summed E-state index contributed by atoms with van der Waals surface area (Å²) in [5.41, 5.74) is 26.9. The van der Waals surface area contributed by atoms with Crippen LogP contribution in [-0.2, 0) is 18.3 Å². The summed E-state index contributed by atoms with van der Waals surface area (Å²) in [6.45, 7) is 8.62. The van der Waals surface area contributed by atoms with E-state index >= 15 is 0 Å². The fourth-order valence-corrected chi connectivity index (χ4v) is 5.78. The van der Waals surface area contributed by atoms with Crippen LogP contribution in [0.2, 0.25) is 0 Å². The van der Waals surface area contributed by atoms with E-state index in [0.29, 0.717) is 0 Å². The summed E-state index contributed by atoms with van der Waals surface area (Å²) in [5.74, 6) is 0. The van der Waals surface area contributed by atoms with Gasteiger partial charge in [0.2, 0.25) is 0 Å². The molecule has 2 heteroatoms. The lowest BCUT2D eigenvalue weighted by Gasteiger charge is -2.35. The van der Waals surface area contributed by atoms with Crippen LogP contribution in [0.25, 0.3) is 11.1 Å². The SMILES string of the molecule is CCc1cc(C2(c3cc(C)c(N)c(CC)c3)c3ccccc3-c3ccccc32)cc(C)c1N. The van der Waals surface area contributed by atoms with E-state index in [1.807, 2.05) is 0 Å². The number of fused-ring (bicyclic) bond motifs is 3. The summed E-state index contributed by atoms with van der Waals surface area (Å²) < 4.78 is 0. The van der Waals surface area contributed by atoms with Gasteiger partial charge in [0, 0.05) is 11.4 Å². The van der Waals surface area contributed by atoms with Crippen LogP contribution < -0.4 is 11.5 Å². The molecule has 0 aromatic heterocycles. The summed E-state index contributed by atoms with van der Waals surface area (Å²) in [5, 5.41) is 0. The van der Waals surface area contributed by atoms with Crippen LogP contribution in [0.3, 0.4) is 0 Å². The molecule has 0 heterocycles. The van der Waals surface area contributed by atoms with Gasteiger partial charge in [-0.15, -0.1) is 0 Å². The van der Waals surface area contributed by atoms with Crippen LogP contribution in [0.1, 0.15) is 58.4 Å². The lowest BCUT2D eigenvalue weighted by Crippen LogP contribution is -2.29. The van der Waals surface area contributed by atoms with Crippen LogP contribution in [0.5, 0.6) is 0 Å². The van der Waals surface area contributed by atoms with Crippen molar-refractivity contribution in [2.75, 3.05) is 11.5 Å². The van der Waals surface area contributed by atoms with Crippen LogP contribution >= 0.6 is 0 Å². The Hall–Kier alpha value is -3.52. The predicted molar refractivity (Wildman–Crippen MR) is 141 cm³/mol. The van der Waals surface area contributed by atoms with Gasteiger partial charge in [0.1, 0.15) is 0 Å².